The molecule has 6 heteroatoms. The summed E-state index contributed by atoms with van der Waals surface area (Å²) in [4.78, 5) is 28.8. The van der Waals surface area contributed by atoms with E-state index in [1.54, 1.807) is 17.0 Å². The van der Waals surface area contributed by atoms with Crippen molar-refractivity contribution in [3.63, 3.8) is 0 Å². The average molecular weight is 396 g/mol. The van der Waals surface area contributed by atoms with Gasteiger partial charge in [0.15, 0.2) is 0 Å². The van der Waals surface area contributed by atoms with Crippen molar-refractivity contribution in [2.75, 3.05) is 43.0 Å². The van der Waals surface area contributed by atoms with Crippen LogP contribution in [-0.2, 0) is 4.79 Å². The fourth-order valence-electron chi connectivity index (χ4n) is 3.45. The van der Waals surface area contributed by atoms with Gasteiger partial charge in [-0.2, -0.15) is 0 Å². The SMILES string of the molecule is CCN(CC)CCOc1ccccc1NC(=O)c1cccc(N2CCCC2=O)c1. The van der Waals surface area contributed by atoms with Gasteiger partial charge in [0.1, 0.15) is 12.4 Å². The predicted molar refractivity (Wildman–Crippen MR) is 116 cm³/mol. The van der Waals surface area contributed by atoms with Crippen LogP contribution in [0, 0.1) is 0 Å². The van der Waals surface area contributed by atoms with Crippen molar-refractivity contribution < 1.29 is 14.3 Å². The van der Waals surface area contributed by atoms with E-state index in [0.717, 1.165) is 31.7 Å². The predicted octanol–water partition coefficient (Wildman–Crippen LogP) is 3.79. The number of carbonyl (C=O) groups excluding carboxylic acids is 2. The number of amides is 2. The second kappa shape index (κ2) is 10.1. The summed E-state index contributed by atoms with van der Waals surface area (Å²) in [6, 6.07) is 14.6. The molecule has 1 heterocycles. The molecule has 2 aromatic carbocycles. The van der Waals surface area contributed by atoms with Gasteiger partial charge in [-0.15, -0.1) is 0 Å². The molecule has 0 radical (unpaired) electrons. The molecule has 1 aliphatic rings. The number of para-hydroxylation sites is 2. The molecule has 3 rings (SSSR count). The number of hydrogen-bond acceptors (Lipinski definition) is 4. The molecule has 0 saturated carbocycles. The standard InChI is InChI=1S/C23H29N3O3/c1-3-25(4-2)15-16-29-21-12-6-5-11-20(21)24-23(28)18-9-7-10-19(17-18)26-14-8-13-22(26)27/h5-7,9-12,17H,3-4,8,13-16H2,1-2H3,(H,24,28). The highest BCUT2D eigenvalue weighted by Gasteiger charge is 2.22. The second-order valence-corrected chi connectivity index (χ2v) is 7.02. The van der Waals surface area contributed by atoms with Crippen molar-refractivity contribution in [2.24, 2.45) is 0 Å². The Bertz CT molecular complexity index is 849. The highest BCUT2D eigenvalue weighted by Crippen LogP contribution is 2.26. The Morgan fingerprint density at radius 1 is 1.14 bits per heavy atom. The number of likely N-dealkylation sites (N-methyl/N-ethyl adjacent to an activating group) is 1. The molecule has 154 valence electrons. The van der Waals surface area contributed by atoms with E-state index < -0.39 is 0 Å². The van der Waals surface area contributed by atoms with Crippen LogP contribution in [0.15, 0.2) is 48.5 Å². The highest BCUT2D eigenvalue weighted by atomic mass is 16.5. The molecular formula is C23H29N3O3. The van der Waals surface area contributed by atoms with Gasteiger partial charge in [0.2, 0.25) is 5.91 Å². The molecule has 0 spiro atoms. The normalized spacial score (nSPS) is 13.8. The van der Waals surface area contributed by atoms with Gasteiger partial charge in [0, 0.05) is 30.8 Å². The van der Waals surface area contributed by atoms with Gasteiger partial charge < -0.3 is 19.9 Å². The number of nitrogens with zero attached hydrogens (tertiary/aromatic N) is 2. The lowest BCUT2D eigenvalue weighted by Crippen LogP contribution is -2.28. The molecule has 0 aromatic heterocycles. The van der Waals surface area contributed by atoms with Crippen molar-refractivity contribution in [1.29, 1.82) is 0 Å². The summed E-state index contributed by atoms with van der Waals surface area (Å²) in [5.41, 5.74) is 1.92. The Hall–Kier alpha value is -2.86. The van der Waals surface area contributed by atoms with Crippen molar-refractivity contribution >= 4 is 23.2 Å². The Morgan fingerprint density at radius 3 is 2.66 bits per heavy atom. The molecule has 0 unspecified atom stereocenters. The van der Waals surface area contributed by atoms with Gasteiger partial charge >= 0.3 is 0 Å². The van der Waals surface area contributed by atoms with Crippen LogP contribution in [0.5, 0.6) is 5.75 Å². The summed E-state index contributed by atoms with van der Waals surface area (Å²) in [5, 5.41) is 2.94. The number of anilines is 2. The molecule has 0 atom stereocenters. The number of rotatable bonds is 9. The summed E-state index contributed by atoms with van der Waals surface area (Å²) < 4.78 is 5.92. The average Bonchev–Trinajstić information content (AvgIpc) is 3.18. The first-order valence-corrected chi connectivity index (χ1v) is 10.3. The van der Waals surface area contributed by atoms with Crippen LogP contribution < -0.4 is 15.0 Å². The van der Waals surface area contributed by atoms with Gasteiger partial charge in [-0.05, 0) is 49.8 Å². The van der Waals surface area contributed by atoms with E-state index in [1.807, 2.05) is 36.4 Å². The maximum Gasteiger partial charge on any atom is 0.255 e. The highest BCUT2D eigenvalue weighted by molar-refractivity contribution is 6.06. The van der Waals surface area contributed by atoms with Gasteiger partial charge in [0.05, 0.1) is 5.69 Å². The third-order valence-electron chi connectivity index (χ3n) is 5.19. The topological polar surface area (TPSA) is 61.9 Å². The fourth-order valence-corrected chi connectivity index (χ4v) is 3.45. The van der Waals surface area contributed by atoms with Gasteiger partial charge in [-0.3, -0.25) is 9.59 Å². The van der Waals surface area contributed by atoms with Crippen molar-refractivity contribution in [3.05, 3.63) is 54.1 Å². The molecular weight excluding hydrogens is 366 g/mol. The molecule has 0 bridgehead atoms. The Balaban J connectivity index is 1.67. The Morgan fingerprint density at radius 2 is 1.93 bits per heavy atom. The van der Waals surface area contributed by atoms with E-state index in [-0.39, 0.29) is 11.8 Å². The molecule has 1 saturated heterocycles. The molecule has 1 aliphatic heterocycles. The monoisotopic (exact) mass is 395 g/mol. The molecule has 1 fully saturated rings. The minimum atomic E-state index is -0.224. The van der Waals surface area contributed by atoms with E-state index in [9.17, 15) is 9.59 Å². The maximum absolute atomic E-state index is 12.8. The lowest BCUT2D eigenvalue weighted by atomic mass is 10.1. The van der Waals surface area contributed by atoms with E-state index >= 15 is 0 Å². The molecule has 29 heavy (non-hydrogen) atoms. The molecule has 0 aliphatic carbocycles. The minimum Gasteiger partial charge on any atom is -0.490 e. The molecule has 1 N–H and O–H groups in total. The molecule has 2 amide bonds. The quantitative estimate of drug-likeness (QED) is 0.702. The van der Waals surface area contributed by atoms with Crippen LogP contribution in [0.25, 0.3) is 0 Å². The zero-order chi connectivity index (χ0) is 20.6. The van der Waals surface area contributed by atoms with Crippen LogP contribution in [0.4, 0.5) is 11.4 Å². The van der Waals surface area contributed by atoms with Gasteiger partial charge in [-0.1, -0.05) is 32.0 Å². The lowest BCUT2D eigenvalue weighted by molar-refractivity contribution is -0.117. The van der Waals surface area contributed by atoms with E-state index in [1.165, 1.54) is 0 Å². The zero-order valence-corrected chi connectivity index (χ0v) is 17.2. The maximum atomic E-state index is 12.8. The minimum absolute atomic E-state index is 0.106. The van der Waals surface area contributed by atoms with E-state index in [4.69, 9.17) is 4.74 Å². The fraction of sp³-hybridized carbons (Fsp3) is 0.391. The second-order valence-electron chi connectivity index (χ2n) is 7.02. The summed E-state index contributed by atoms with van der Waals surface area (Å²) >= 11 is 0. The van der Waals surface area contributed by atoms with Crippen LogP contribution in [0.2, 0.25) is 0 Å². The van der Waals surface area contributed by atoms with Crippen LogP contribution in [0.3, 0.4) is 0 Å². The van der Waals surface area contributed by atoms with E-state index in [2.05, 4.69) is 24.1 Å². The Labute approximate surface area is 172 Å². The van der Waals surface area contributed by atoms with Crippen LogP contribution >= 0.6 is 0 Å². The Kier molecular flexibility index (Phi) is 7.25. The smallest absolute Gasteiger partial charge is 0.255 e. The van der Waals surface area contributed by atoms with Crippen LogP contribution in [0.1, 0.15) is 37.0 Å². The van der Waals surface area contributed by atoms with Crippen molar-refractivity contribution in [2.45, 2.75) is 26.7 Å². The third kappa shape index (κ3) is 5.35. The number of nitrogens with one attached hydrogen (secondary N) is 1. The van der Waals surface area contributed by atoms with Crippen LogP contribution in [-0.4, -0.2) is 49.5 Å². The summed E-state index contributed by atoms with van der Waals surface area (Å²) in [5.74, 6) is 0.534. The first-order valence-electron chi connectivity index (χ1n) is 10.3. The number of hydrogen-bond donors (Lipinski definition) is 1. The molecule has 6 nitrogen and oxygen atoms in total. The molecule has 2 aromatic rings. The van der Waals surface area contributed by atoms with Crippen molar-refractivity contribution in [1.82, 2.24) is 4.90 Å². The lowest BCUT2D eigenvalue weighted by Gasteiger charge is -2.19. The first-order chi connectivity index (χ1) is 14.1. The van der Waals surface area contributed by atoms with Gasteiger partial charge in [0.25, 0.3) is 5.91 Å². The largest absolute Gasteiger partial charge is 0.490 e. The number of benzene rings is 2. The summed E-state index contributed by atoms with van der Waals surface area (Å²) in [6.45, 7) is 8.31. The number of ether oxygens (including phenoxy) is 1. The first kappa shape index (κ1) is 20.9. The number of carbonyl (C=O) groups is 2. The van der Waals surface area contributed by atoms with Gasteiger partial charge in [-0.25, -0.2) is 0 Å². The summed E-state index contributed by atoms with van der Waals surface area (Å²) in [6.07, 6.45) is 1.42. The van der Waals surface area contributed by atoms with Crippen molar-refractivity contribution in [3.8, 4) is 5.75 Å². The van der Waals surface area contributed by atoms with E-state index in [0.29, 0.717) is 36.6 Å². The third-order valence-corrected chi connectivity index (χ3v) is 5.19. The summed E-state index contributed by atoms with van der Waals surface area (Å²) in [7, 11) is 0. The zero-order valence-electron chi connectivity index (χ0n) is 17.2.